The monoisotopic (exact) mass is 492 g/mol. The van der Waals surface area contributed by atoms with Gasteiger partial charge in [-0.2, -0.15) is 0 Å². The number of rotatable bonds is 6. The van der Waals surface area contributed by atoms with Crippen LogP contribution in [0.5, 0.6) is 5.75 Å². The molecule has 1 N–H and O–H groups in total. The van der Waals surface area contributed by atoms with Crippen LogP contribution in [0.3, 0.4) is 0 Å². The number of aromatic nitrogens is 4. The van der Waals surface area contributed by atoms with Crippen molar-refractivity contribution in [3.8, 4) is 16.9 Å². The molecule has 2 aromatic carbocycles. The summed E-state index contributed by atoms with van der Waals surface area (Å²) in [5.74, 6) is 0.716. The molecular weight excluding hydrogens is 471 g/mol. The Bertz CT molecular complexity index is 1570. The second kappa shape index (κ2) is 9.62. The lowest BCUT2D eigenvalue weighted by molar-refractivity contribution is 0.102. The Morgan fingerprint density at radius 3 is 2.59 bits per heavy atom. The summed E-state index contributed by atoms with van der Waals surface area (Å²) in [6.07, 6.45) is 6.58. The molecule has 0 saturated carbocycles. The highest BCUT2D eigenvalue weighted by atomic mass is 19.1. The van der Waals surface area contributed by atoms with Crippen LogP contribution in [0.25, 0.3) is 22.2 Å². The summed E-state index contributed by atoms with van der Waals surface area (Å²) in [4.78, 5) is 32.4. The van der Waals surface area contributed by atoms with Crippen molar-refractivity contribution in [2.45, 2.75) is 6.10 Å². The van der Waals surface area contributed by atoms with Crippen LogP contribution in [0.1, 0.15) is 10.5 Å². The van der Waals surface area contributed by atoms with Gasteiger partial charge in [-0.3, -0.25) is 19.7 Å². The maximum absolute atomic E-state index is 13.4. The molecule has 1 amide bonds. The van der Waals surface area contributed by atoms with Gasteiger partial charge in [0.25, 0.3) is 5.91 Å². The summed E-state index contributed by atoms with van der Waals surface area (Å²) < 4.78 is 19.2. The summed E-state index contributed by atoms with van der Waals surface area (Å²) in [5, 5.41) is 2.90. The second-order valence-corrected chi connectivity index (χ2v) is 8.62. The van der Waals surface area contributed by atoms with Crippen LogP contribution in [0.15, 0.2) is 91.5 Å². The maximum Gasteiger partial charge on any atom is 0.274 e. The van der Waals surface area contributed by atoms with E-state index < -0.39 is 0 Å². The number of carbonyl (C=O) groups excluding carboxylic acids is 1. The minimum atomic E-state index is -0.316. The first-order chi connectivity index (χ1) is 18.1. The summed E-state index contributed by atoms with van der Waals surface area (Å²) in [5.41, 5.74) is 3.92. The van der Waals surface area contributed by atoms with Crippen LogP contribution >= 0.6 is 0 Å². The van der Waals surface area contributed by atoms with Crippen molar-refractivity contribution in [1.82, 2.24) is 19.9 Å². The number of halogens is 1. The van der Waals surface area contributed by atoms with Crippen molar-refractivity contribution in [1.29, 1.82) is 0 Å². The van der Waals surface area contributed by atoms with E-state index in [4.69, 9.17) is 4.74 Å². The molecule has 1 aliphatic heterocycles. The molecule has 0 radical (unpaired) electrons. The number of fused-ring (bicyclic) bond motifs is 1. The number of amides is 1. The van der Waals surface area contributed by atoms with Gasteiger partial charge in [-0.05, 0) is 48.5 Å². The topological polar surface area (TPSA) is 93.1 Å². The maximum atomic E-state index is 13.4. The van der Waals surface area contributed by atoms with E-state index in [1.54, 1.807) is 61.2 Å². The third-order valence-electron chi connectivity index (χ3n) is 6.06. The Morgan fingerprint density at radius 2 is 1.81 bits per heavy atom. The number of nitrogens with zero attached hydrogens (tertiary/aromatic N) is 5. The zero-order valence-corrected chi connectivity index (χ0v) is 19.6. The van der Waals surface area contributed by atoms with E-state index in [0.29, 0.717) is 41.3 Å². The largest absolute Gasteiger partial charge is 0.487 e. The molecule has 5 aromatic rings. The van der Waals surface area contributed by atoms with Crippen molar-refractivity contribution in [2.75, 3.05) is 23.3 Å². The Hall–Kier alpha value is -4.92. The normalized spacial score (nSPS) is 13.3. The van der Waals surface area contributed by atoms with E-state index in [0.717, 1.165) is 16.9 Å². The van der Waals surface area contributed by atoms with E-state index in [2.05, 4.69) is 30.2 Å². The molecular formula is C28H21FN6O2. The molecule has 8 nitrogen and oxygen atoms in total. The standard InChI is InChI=1S/C28H21FN6O2/c29-19-4-3-5-21(12-19)37-22-16-35(17-22)26-8-7-18(15-33-26)23-13-20(14-25-27(23)32-11-10-31-25)34-28(36)24-6-1-2-9-30-24/h1-15,22H,16-17H2,(H,34,36). The van der Waals surface area contributed by atoms with Crippen LogP contribution in [-0.2, 0) is 0 Å². The van der Waals surface area contributed by atoms with Gasteiger partial charge >= 0.3 is 0 Å². The zero-order valence-electron chi connectivity index (χ0n) is 19.6. The van der Waals surface area contributed by atoms with Gasteiger partial charge in [-0.15, -0.1) is 0 Å². The number of hydrogen-bond acceptors (Lipinski definition) is 7. The van der Waals surface area contributed by atoms with Crippen molar-refractivity contribution in [2.24, 2.45) is 0 Å². The SMILES string of the molecule is O=C(Nc1cc(-c2ccc(N3CC(Oc4cccc(F)c4)C3)nc2)c2nccnc2c1)c1ccccn1. The summed E-state index contributed by atoms with van der Waals surface area (Å²) >= 11 is 0. The molecule has 0 atom stereocenters. The number of pyridine rings is 2. The molecule has 3 aromatic heterocycles. The van der Waals surface area contributed by atoms with Crippen molar-refractivity contribution >= 4 is 28.4 Å². The average molecular weight is 493 g/mol. The number of benzene rings is 2. The van der Waals surface area contributed by atoms with E-state index in [1.165, 1.54) is 12.1 Å². The Morgan fingerprint density at radius 1 is 0.919 bits per heavy atom. The van der Waals surface area contributed by atoms with Gasteiger partial charge < -0.3 is 15.0 Å². The lowest BCUT2D eigenvalue weighted by Gasteiger charge is -2.39. The van der Waals surface area contributed by atoms with E-state index in [1.807, 2.05) is 18.2 Å². The zero-order chi connectivity index (χ0) is 25.2. The molecule has 9 heteroatoms. The Balaban J connectivity index is 1.20. The number of ether oxygens (including phenoxy) is 1. The molecule has 0 bridgehead atoms. The van der Waals surface area contributed by atoms with Gasteiger partial charge in [0.05, 0.1) is 24.1 Å². The van der Waals surface area contributed by atoms with Crippen molar-refractivity contribution in [3.63, 3.8) is 0 Å². The first-order valence-corrected chi connectivity index (χ1v) is 11.7. The van der Waals surface area contributed by atoms with Gasteiger partial charge in [-0.1, -0.05) is 12.1 Å². The molecule has 37 heavy (non-hydrogen) atoms. The minimum Gasteiger partial charge on any atom is -0.487 e. The van der Waals surface area contributed by atoms with Gasteiger partial charge in [0, 0.05) is 47.7 Å². The molecule has 1 fully saturated rings. The van der Waals surface area contributed by atoms with Gasteiger partial charge in [0.15, 0.2) is 0 Å². The smallest absolute Gasteiger partial charge is 0.274 e. The van der Waals surface area contributed by atoms with E-state index in [9.17, 15) is 9.18 Å². The Kier molecular flexibility index (Phi) is 5.86. The number of hydrogen-bond donors (Lipinski definition) is 1. The van der Waals surface area contributed by atoms with Gasteiger partial charge in [0.1, 0.15) is 29.2 Å². The van der Waals surface area contributed by atoms with Crippen LogP contribution < -0.4 is 15.0 Å². The fourth-order valence-corrected chi connectivity index (χ4v) is 4.22. The van der Waals surface area contributed by atoms with Crippen molar-refractivity contribution < 1.29 is 13.9 Å². The fraction of sp³-hybridized carbons (Fsp3) is 0.107. The third kappa shape index (κ3) is 4.79. The molecule has 0 aliphatic carbocycles. The summed E-state index contributed by atoms with van der Waals surface area (Å²) in [7, 11) is 0. The van der Waals surface area contributed by atoms with Gasteiger partial charge in [0.2, 0.25) is 0 Å². The van der Waals surface area contributed by atoms with E-state index >= 15 is 0 Å². The molecule has 0 spiro atoms. The quantitative estimate of drug-likeness (QED) is 0.366. The highest BCUT2D eigenvalue weighted by Crippen LogP contribution is 2.31. The predicted molar refractivity (Wildman–Crippen MR) is 138 cm³/mol. The second-order valence-electron chi connectivity index (χ2n) is 8.62. The van der Waals surface area contributed by atoms with Crippen molar-refractivity contribution in [3.05, 3.63) is 103 Å². The van der Waals surface area contributed by atoms with Crippen LogP contribution in [0.2, 0.25) is 0 Å². The molecule has 4 heterocycles. The highest BCUT2D eigenvalue weighted by Gasteiger charge is 2.29. The van der Waals surface area contributed by atoms with E-state index in [-0.39, 0.29) is 17.8 Å². The van der Waals surface area contributed by atoms with Crippen LogP contribution in [-0.4, -0.2) is 45.0 Å². The predicted octanol–water partition coefficient (Wildman–Crippen LogP) is 4.75. The average Bonchev–Trinajstić information content (AvgIpc) is 2.91. The minimum absolute atomic E-state index is 0.0260. The molecule has 6 rings (SSSR count). The Labute approximate surface area is 211 Å². The van der Waals surface area contributed by atoms with Crippen LogP contribution in [0, 0.1) is 5.82 Å². The number of nitrogens with one attached hydrogen (secondary N) is 1. The lowest BCUT2D eigenvalue weighted by Crippen LogP contribution is -2.54. The third-order valence-corrected chi connectivity index (χ3v) is 6.06. The molecule has 1 aliphatic rings. The molecule has 1 saturated heterocycles. The molecule has 182 valence electrons. The summed E-state index contributed by atoms with van der Waals surface area (Å²) in [6, 6.07) is 18.9. The first-order valence-electron chi connectivity index (χ1n) is 11.7. The number of carbonyl (C=O) groups is 1. The molecule has 0 unspecified atom stereocenters. The fourth-order valence-electron chi connectivity index (χ4n) is 4.22. The lowest BCUT2D eigenvalue weighted by atomic mass is 10.0. The summed E-state index contributed by atoms with van der Waals surface area (Å²) in [6.45, 7) is 1.32. The number of anilines is 2. The highest BCUT2D eigenvalue weighted by molar-refractivity contribution is 6.05. The first kappa shape index (κ1) is 22.5. The van der Waals surface area contributed by atoms with Gasteiger partial charge in [-0.25, -0.2) is 9.37 Å². The van der Waals surface area contributed by atoms with Crippen LogP contribution in [0.4, 0.5) is 15.9 Å².